The third kappa shape index (κ3) is 2.61. The van der Waals surface area contributed by atoms with Gasteiger partial charge in [0, 0.05) is 5.39 Å². The number of nitrogens with one attached hydrogen (secondary N) is 2. The van der Waals surface area contributed by atoms with Crippen LogP contribution in [0.15, 0.2) is 24.3 Å². The SMILES string of the molecule is O=C(O)CC1(NC(=O)c2n[nH]c3ccccc23)CCCC1. The summed E-state index contributed by atoms with van der Waals surface area (Å²) in [5.74, 6) is -1.19. The average molecular weight is 287 g/mol. The third-order valence-corrected chi connectivity index (χ3v) is 4.11. The number of carbonyl (C=O) groups is 2. The fourth-order valence-electron chi connectivity index (χ4n) is 3.12. The highest BCUT2D eigenvalue weighted by atomic mass is 16.4. The van der Waals surface area contributed by atoms with Crippen LogP contribution in [-0.4, -0.2) is 32.7 Å². The molecule has 6 heteroatoms. The minimum absolute atomic E-state index is 0.0406. The van der Waals surface area contributed by atoms with Crippen molar-refractivity contribution in [2.24, 2.45) is 0 Å². The van der Waals surface area contributed by atoms with Crippen molar-refractivity contribution in [3.63, 3.8) is 0 Å². The Bertz CT molecular complexity index is 686. The van der Waals surface area contributed by atoms with Gasteiger partial charge in [0.05, 0.1) is 17.5 Å². The summed E-state index contributed by atoms with van der Waals surface area (Å²) < 4.78 is 0. The second-order valence-electron chi connectivity index (χ2n) is 5.63. The molecule has 0 spiro atoms. The summed E-state index contributed by atoms with van der Waals surface area (Å²) in [6, 6.07) is 7.39. The van der Waals surface area contributed by atoms with E-state index in [0.717, 1.165) is 23.7 Å². The van der Waals surface area contributed by atoms with E-state index in [-0.39, 0.29) is 12.3 Å². The van der Waals surface area contributed by atoms with Gasteiger partial charge in [-0.1, -0.05) is 31.0 Å². The number of nitrogens with zero attached hydrogens (tertiary/aromatic N) is 1. The summed E-state index contributed by atoms with van der Waals surface area (Å²) in [5, 5.41) is 19.6. The van der Waals surface area contributed by atoms with E-state index in [0.29, 0.717) is 18.5 Å². The quantitative estimate of drug-likeness (QED) is 0.802. The van der Waals surface area contributed by atoms with Gasteiger partial charge in [-0.15, -0.1) is 0 Å². The standard InChI is InChI=1S/C15H17N3O3/c19-12(20)9-15(7-3-4-8-15)16-14(21)13-10-5-1-2-6-11(10)17-18-13/h1-2,5-6H,3-4,7-9H2,(H,16,21)(H,17,18)(H,19,20). The monoisotopic (exact) mass is 287 g/mol. The van der Waals surface area contributed by atoms with Crippen molar-refractivity contribution in [3.05, 3.63) is 30.0 Å². The highest BCUT2D eigenvalue weighted by Crippen LogP contribution is 2.33. The van der Waals surface area contributed by atoms with Crippen LogP contribution < -0.4 is 5.32 Å². The minimum atomic E-state index is -0.885. The van der Waals surface area contributed by atoms with Crippen LogP contribution in [0.2, 0.25) is 0 Å². The van der Waals surface area contributed by atoms with Crippen molar-refractivity contribution in [3.8, 4) is 0 Å². The number of amides is 1. The van der Waals surface area contributed by atoms with Crippen LogP contribution in [0.1, 0.15) is 42.6 Å². The molecule has 1 saturated carbocycles. The summed E-state index contributed by atoms with van der Waals surface area (Å²) in [5.41, 5.74) is 0.479. The number of fused-ring (bicyclic) bond motifs is 1. The van der Waals surface area contributed by atoms with E-state index in [1.807, 2.05) is 24.3 Å². The summed E-state index contributed by atoms with van der Waals surface area (Å²) in [6.07, 6.45) is 3.24. The number of H-pyrrole nitrogens is 1. The van der Waals surface area contributed by atoms with E-state index in [1.165, 1.54) is 0 Å². The number of rotatable bonds is 4. The molecule has 0 saturated heterocycles. The van der Waals surface area contributed by atoms with E-state index in [1.54, 1.807) is 0 Å². The van der Waals surface area contributed by atoms with Gasteiger partial charge in [-0.05, 0) is 18.9 Å². The molecule has 0 bridgehead atoms. The van der Waals surface area contributed by atoms with Gasteiger partial charge in [0.15, 0.2) is 5.69 Å². The second kappa shape index (κ2) is 5.20. The molecule has 1 aromatic carbocycles. The molecule has 3 rings (SSSR count). The van der Waals surface area contributed by atoms with Crippen molar-refractivity contribution in [2.75, 3.05) is 0 Å². The lowest BCUT2D eigenvalue weighted by molar-refractivity contribution is -0.138. The van der Waals surface area contributed by atoms with Crippen molar-refractivity contribution in [1.29, 1.82) is 0 Å². The lowest BCUT2D eigenvalue weighted by Crippen LogP contribution is -2.48. The molecule has 1 aromatic heterocycles. The maximum absolute atomic E-state index is 12.5. The molecule has 2 aromatic rings. The first-order valence-electron chi connectivity index (χ1n) is 7.07. The highest BCUT2D eigenvalue weighted by Gasteiger charge is 2.38. The van der Waals surface area contributed by atoms with Crippen LogP contribution in [0.5, 0.6) is 0 Å². The number of carboxylic acid groups (broad SMARTS) is 1. The molecule has 0 unspecified atom stereocenters. The minimum Gasteiger partial charge on any atom is -0.481 e. The molecular weight excluding hydrogens is 270 g/mol. The Kier molecular flexibility index (Phi) is 3.37. The Balaban J connectivity index is 1.86. The number of aliphatic carboxylic acids is 1. The summed E-state index contributed by atoms with van der Waals surface area (Å²) in [4.78, 5) is 23.5. The molecule has 1 aliphatic rings. The zero-order valence-corrected chi connectivity index (χ0v) is 11.6. The molecule has 0 radical (unpaired) electrons. The van der Waals surface area contributed by atoms with Gasteiger partial charge in [-0.3, -0.25) is 14.7 Å². The van der Waals surface area contributed by atoms with Crippen LogP contribution in [0.3, 0.4) is 0 Å². The fourth-order valence-corrected chi connectivity index (χ4v) is 3.12. The second-order valence-corrected chi connectivity index (χ2v) is 5.63. The maximum atomic E-state index is 12.5. The fraction of sp³-hybridized carbons (Fsp3) is 0.400. The molecule has 6 nitrogen and oxygen atoms in total. The van der Waals surface area contributed by atoms with Gasteiger partial charge in [0.1, 0.15) is 0 Å². The van der Waals surface area contributed by atoms with E-state index >= 15 is 0 Å². The maximum Gasteiger partial charge on any atom is 0.305 e. The molecule has 1 fully saturated rings. The molecule has 3 N–H and O–H groups in total. The van der Waals surface area contributed by atoms with Crippen LogP contribution in [0.4, 0.5) is 0 Å². The summed E-state index contributed by atoms with van der Waals surface area (Å²) in [6.45, 7) is 0. The zero-order chi connectivity index (χ0) is 14.9. The molecule has 1 heterocycles. The van der Waals surface area contributed by atoms with Gasteiger partial charge < -0.3 is 10.4 Å². The Morgan fingerprint density at radius 1 is 1.29 bits per heavy atom. The lowest BCUT2D eigenvalue weighted by atomic mass is 9.93. The van der Waals surface area contributed by atoms with Gasteiger partial charge in [-0.2, -0.15) is 5.10 Å². The van der Waals surface area contributed by atoms with Gasteiger partial charge >= 0.3 is 5.97 Å². The molecule has 21 heavy (non-hydrogen) atoms. The van der Waals surface area contributed by atoms with Crippen molar-refractivity contribution >= 4 is 22.8 Å². The molecule has 1 amide bonds. The van der Waals surface area contributed by atoms with Crippen LogP contribution in [0, 0.1) is 0 Å². The third-order valence-electron chi connectivity index (χ3n) is 4.11. The van der Waals surface area contributed by atoms with Crippen molar-refractivity contribution in [2.45, 2.75) is 37.6 Å². The smallest absolute Gasteiger partial charge is 0.305 e. The van der Waals surface area contributed by atoms with Crippen LogP contribution in [0.25, 0.3) is 10.9 Å². The number of aromatic nitrogens is 2. The average Bonchev–Trinajstić information content (AvgIpc) is 3.04. The topological polar surface area (TPSA) is 95.1 Å². The summed E-state index contributed by atoms with van der Waals surface area (Å²) in [7, 11) is 0. The Labute approximate surface area is 121 Å². The van der Waals surface area contributed by atoms with Crippen molar-refractivity contribution < 1.29 is 14.7 Å². The van der Waals surface area contributed by atoms with E-state index in [9.17, 15) is 9.59 Å². The predicted octanol–water partition coefficient (Wildman–Crippen LogP) is 2.08. The number of carboxylic acids is 1. The Morgan fingerprint density at radius 3 is 2.71 bits per heavy atom. The lowest BCUT2D eigenvalue weighted by Gasteiger charge is -2.28. The predicted molar refractivity (Wildman–Crippen MR) is 77.0 cm³/mol. The Morgan fingerprint density at radius 2 is 2.00 bits per heavy atom. The number of carbonyl (C=O) groups excluding carboxylic acids is 1. The molecular formula is C15H17N3O3. The number of para-hydroxylation sites is 1. The van der Waals surface area contributed by atoms with Crippen LogP contribution >= 0.6 is 0 Å². The molecule has 110 valence electrons. The van der Waals surface area contributed by atoms with Gasteiger partial charge in [0.2, 0.25) is 0 Å². The first-order valence-corrected chi connectivity index (χ1v) is 7.07. The van der Waals surface area contributed by atoms with Crippen molar-refractivity contribution in [1.82, 2.24) is 15.5 Å². The summed E-state index contributed by atoms with van der Waals surface area (Å²) >= 11 is 0. The number of benzene rings is 1. The van der Waals surface area contributed by atoms with E-state index in [4.69, 9.17) is 5.11 Å². The highest BCUT2D eigenvalue weighted by molar-refractivity contribution is 6.05. The number of hydrogen-bond acceptors (Lipinski definition) is 3. The normalized spacial score (nSPS) is 17.0. The first kappa shape index (κ1) is 13.6. The Hall–Kier alpha value is -2.37. The number of aromatic amines is 1. The zero-order valence-electron chi connectivity index (χ0n) is 11.6. The first-order chi connectivity index (χ1) is 10.1. The molecule has 0 atom stereocenters. The molecule has 0 aliphatic heterocycles. The largest absolute Gasteiger partial charge is 0.481 e. The van der Waals surface area contributed by atoms with E-state index in [2.05, 4.69) is 15.5 Å². The van der Waals surface area contributed by atoms with Crippen LogP contribution in [-0.2, 0) is 4.79 Å². The van der Waals surface area contributed by atoms with Gasteiger partial charge in [-0.25, -0.2) is 0 Å². The number of hydrogen-bond donors (Lipinski definition) is 3. The van der Waals surface area contributed by atoms with E-state index < -0.39 is 11.5 Å². The molecule has 1 aliphatic carbocycles. The van der Waals surface area contributed by atoms with Gasteiger partial charge in [0.25, 0.3) is 5.91 Å².